The maximum atomic E-state index is 12.8. The molecule has 0 radical (unpaired) electrons. The number of amides is 1. The largest absolute Gasteiger partial charge is 0.389 e. The van der Waals surface area contributed by atoms with E-state index in [1.165, 1.54) is 6.20 Å². The Kier molecular flexibility index (Phi) is 5.34. The Morgan fingerprint density at radius 1 is 1.30 bits per heavy atom. The lowest BCUT2D eigenvalue weighted by molar-refractivity contribution is 0.0277. The van der Waals surface area contributed by atoms with Crippen molar-refractivity contribution in [2.45, 2.75) is 32.9 Å². The molecule has 0 saturated heterocycles. The van der Waals surface area contributed by atoms with Crippen LogP contribution in [0.1, 0.15) is 35.7 Å². The minimum atomic E-state index is -1.03. The molecule has 0 bridgehead atoms. The number of halogens is 1. The lowest BCUT2D eigenvalue weighted by atomic mass is 10.1. The average Bonchev–Trinajstić information content (AvgIpc) is 2.48. The van der Waals surface area contributed by atoms with Gasteiger partial charge in [0.05, 0.1) is 16.8 Å². The first kappa shape index (κ1) is 17.4. The lowest BCUT2D eigenvalue weighted by Gasteiger charge is -2.29. The number of benzene rings is 1. The summed E-state index contributed by atoms with van der Waals surface area (Å²) in [5.41, 5.74) is 0.0882. The van der Waals surface area contributed by atoms with Crippen molar-refractivity contribution in [2.75, 3.05) is 6.54 Å². The van der Waals surface area contributed by atoms with Crippen molar-refractivity contribution in [3.8, 4) is 0 Å². The van der Waals surface area contributed by atoms with Gasteiger partial charge in [0.1, 0.15) is 5.82 Å². The van der Waals surface area contributed by atoms with Crippen molar-refractivity contribution in [3.05, 3.63) is 58.6 Å². The molecule has 0 fully saturated rings. The van der Waals surface area contributed by atoms with Gasteiger partial charge in [-0.2, -0.15) is 0 Å². The van der Waals surface area contributed by atoms with Crippen LogP contribution in [0.15, 0.2) is 36.5 Å². The zero-order valence-electron chi connectivity index (χ0n) is 13.5. The highest BCUT2D eigenvalue weighted by Crippen LogP contribution is 2.18. The quantitative estimate of drug-likeness (QED) is 0.913. The first-order valence-corrected chi connectivity index (χ1v) is 7.69. The van der Waals surface area contributed by atoms with Crippen LogP contribution in [-0.4, -0.2) is 38.0 Å². The van der Waals surface area contributed by atoms with Crippen molar-refractivity contribution in [1.29, 1.82) is 0 Å². The highest BCUT2D eigenvalue weighted by Gasteiger charge is 2.26. The van der Waals surface area contributed by atoms with Gasteiger partial charge >= 0.3 is 0 Å². The van der Waals surface area contributed by atoms with Gasteiger partial charge in [-0.25, -0.2) is 9.97 Å². The highest BCUT2D eigenvalue weighted by atomic mass is 35.5. The normalized spacial score (nSPS) is 11.3. The Morgan fingerprint density at radius 3 is 2.57 bits per heavy atom. The van der Waals surface area contributed by atoms with E-state index in [0.29, 0.717) is 12.4 Å². The van der Waals surface area contributed by atoms with Gasteiger partial charge in [-0.15, -0.1) is 0 Å². The molecule has 1 aromatic heterocycles. The summed E-state index contributed by atoms with van der Waals surface area (Å²) >= 11 is 6.07. The predicted octanol–water partition coefficient (Wildman–Crippen LogP) is 2.85. The van der Waals surface area contributed by atoms with Crippen molar-refractivity contribution in [3.63, 3.8) is 0 Å². The Morgan fingerprint density at radius 2 is 1.96 bits per heavy atom. The van der Waals surface area contributed by atoms with Gasteiger partial charge in [0.15, 0.2) is 5.69 Å². The minimum Gasteiger partial charge on any atom is -0.389 e. The summed E-state index contributed by atoms with van der Waals surface area (Å²) in [7, 11) is 0. The molecule has 0 saturated carbocycles. The van der Waals surface area contributed by atoms with E-state index in [-0.39, 0.29) is 23.2 Å². The van der Waals surface area contributed by atoms with Gasteiger partial charge in [-0.1, -0.05) is 41.9 Å². The highest BCUT2D eigenvalue weighted by molar-refractivity contribution is 6.33. The second-order valence-electron chi connectivity index (χ2n) is 6.07. The zero-order valence-corrected chi connectivity index (χ0v) is 14.2. The van der Waals surface area contributed by atoms with Crippen LogP contribution in [0.5, 0.6) is 0 Å². The van der Waals surface area contributed by atoms with Gasteiger partial charge in [0, 0.05) is 13.1 Å². The fourth-order valence-corrected chi connectivity index (χ4v) is 2.40. The molecule has 23 heavy (non-hydrogen) atoms. The van der Waals surface area contributed by atoms with E-state index in [2.05, 4.69) is 9.97 Å². The molecule has 0 unspecified atom stereocenters. The van der Waals surface area contributed by atoms with Crippen LogP contribution in [-0.2, 0) is 6.54 Å². The number of hydrogen-bond acceptors (Lipinski definition) is 4. The lowest BCUT2D eigenvalue weighted by Crippen LogP contribution is -2.42. The van der Waals surface area contributed by atoms with E-state index < -0.39 is 5.60 Å². The zero-order chi connectivity index (χ0) is 17.0. The predicted molar refractivity (Wildman–Crippen MR) is 89.3 cm³/mol. The molecular formula is C17H20ClN3O2. The number of carbonyl (C=O) groups is 1. The first-order valence-electron chi connectivity index (χ1n) is 7.31. The number of aliphatic hydroxyl groups is 1. The third kappa shape index (κ3) is 5.01. The molecule has 122 valence electrons. The first-order chi connectivity index (χ1) is 10.8. The fraction of sp³-hybridized carbons (Fsp3) is 0.353. The van der Waals surface area contributed by atoms with Crippen LogP contribution >= 0.6 is 11.6 Å². The molecule has 6 heteroatoms. The van der Waals surface area contributed by atoms with Gasteiger partial charge in [-0.3, -0.25) is 4.79 Å². The van der Waals surface area contributed by atoms with Gasteiger partial charge < -0.3 is 10.0 Å². The molecule has 0 aliphatic rings. The maximum Gasteiger partial charge on any atom is 0.274 e. The van der Waals surface area contributed by atoms with Crippen molar-refractivity contribution in [1.82, 2.24) is 14.9 Å². The number of rotatable bonds is 5. The van der Waals surface area contributed by atoms with Crippen molar-refractivity contribution < 1.29 is 9.90 Å². The Hall–Kier alpha value is -1.98. The van der Waals surface area contributed by atoms with Crippen LogP contribution in [0.2, 0.25) is 5.02 Å². The minimum absolute atomic E-state index is 0.152. The molecule has 1 heterocycles. The van der Waals surface area contributed by atoms with Crippen LogP contribution in [0.25, 0.3) is 0 Å². The molecule has 0 aliphatic heterocycles. The summed E-state index contributed by atoms with van der Waals surface area (Å²) < 4.78 is 0. The molecule has 0 atom stereocenters. The van der Waals surface area contributed by atoms with E-state index >= 15 is 0 Å². The van der Waals surface area contributed by atoms with Crippen LogP contribution in [0.3, 0.4) is 0 Å². The molecule has 2 rings (SSSR count). The summed E-state index contributed by atoms with van der Waals surface area (Å²) in [6.45, 7) is 5.55. The summed E-state index contributed by atoms with van der Waals surface area (Å²) in [6, 6.07) is 9.58. The number of aryl methyl sites for hydroxylation is 1. The molecular weight excluding hydrogens is 314 g/mol. The Labute approximate surface area is 141 Å². The summed E-state index contributed by atoms with van der Waals surface area (Å²) in [5, 5.41) is 10.3. The standard InChI is InChI=1S/C17H20ClN3O2/c1-12-19-9-14(18)15(20-12)16(22)21(11-17(2,3)23)10-13-7-5-4-6-8-13/h4-9,23H,10-11H2,1-3H3. The summed E-state index contributed by atoms with van der Waals surface area (Å²) in [5.74, 6) is 0.146. The Balaban J connectivity index is 2.32. The molecule has 1 amide bonds. The van der Waals surface area contributed by atoms with Crippen LogP contribution in [0.4, 0.5) is 0 Å². The van der Waals surface area contributed by atoms with Gasteiger partial charge in [0.25, 0.3) is 5.91 Å². The van der Waals surface area contributed by atoms with Crippen molar-refractivity contribution >= 4 is 17.5 Å². The average molecular weight is 334 g/mol. The van der Waals surface area contributed by atoms with E-state index in [0.717, 1.165) is 5.56 Å². The third-order valence-corrected chi connectivity index (χ3v) is 3.43. The molecule has 0 spiro atoms. The van der Waals surface area contributed by atoms with E-state index in [1.807, 2.05) is 30.3 Å². The van der Waals surface area contributed by atoms with Gasteiger partial charge in [-0.05, 0) is 26.3 Å². The number of hydrogen-bond donors (Lipinski definition) is 1. The van der Waals surface area contributed by atoms with Crippen molar-refractivity contribution in [2.24, 2.45) is 0 Å². The fourth-order valence-electron chi connectivity index (χ4n) is 2.23. The second kappa shape index (κ2) is 7.06. The third-order valence-electron chi connectivity index (χ3n) is 3.15. The van der Waals surface area contributed by atoms with E-state index in [4.69, 9.17) is 11.6 Å². The molecule has 0 aliphatic carbocycles. The van der Waals surface area contributed by atoms with Gasteiger partial charge in [0.2, 0.25) is 0 Å². The summed E-state index contributed by atoms with van der Waals surface area (Å²) in [4.78, 5) is 22.5. The smallest absolute Gasteiger partial charge is 0.274 e. The van der Waals surface area contributed by atoms with E-state index in [9.17, 15) is 9.90 Å². The Bertz CT molecular complexity index is 684. The number of nitrogens with zero attached hydrogens (tertiary/aromatic N) is 3. The number of carbonyl (C=O) groups excluding carboxylic acids is 1. The molecule has 1 N–H and O–H groups in total. The topological polar surface area (TPSA) is 66.3 Å². The second-order valence-corrected chi connectivity index (χ2v) is 6.48. The maximum absolute atomic E-state index is 12.8. The van der Waals surface area contributed by atoms with Crippen LogP contribution in [0, 0.1) is 6.92 Å². The molecule has 1 aromatic carbocycles. The molecule has 5 nitrogen and oxygen atoms in total. The number of aromatic nitrogens is 2. The SMILES string of the molecule is Cc1ncc(Cl)c(C(=O)N(Cc2ccccc2)CC(C)(C)O)n1. The molecule has 2 aromatic rings. The van der Waals surface area contributed by atoms with Crippen LogP contribution < -0.4 is 0 Å². The monoisotopic (exact) mass is 333 g/mol. The van der Waals surface area contributed by atoms with E-state index in [1.54, 1.807) is 25.7 Å². The summed E-state index contributed by atoms with van der Waals surface area (Å²) in [6.07, 6.45) is 1.42.